The molecule has 0 aromatic heterocycles. The Hall–Kier alpha value is -3.65. The zero-order valence-electron chi connectivity index (χ0n) is 16.3. The summed E-state index contributed by atoms with van der Waals surface area (Å²) in [6, 6.07) is 16.4. The van der Waals surface area contributed by atoms with Gasteiger partial charge in [-0.15, -0.1) is 0 Å². The minimum Gasteiger partial charge on any atom is -0.506 e. The predicted octanol–water partition coefficient (Wildman–Crippen LogP) is 3.96. The van der Waals surface area contributed by atoms with Gasteiger partial charge in [0.1, 0.15) is 5.75 Å². The summed E-state index contributed by atoms with van der Waals surface area (Å²) in [5, 5.41) is 12.5. The molecule has 0 atom stereocenters. The van der Waals surface area contributed by atoms with Gasteiger partial charge in [-0.3, -0.25) is 14.3 Å². The number of hydrogen-bond donors (Lipinski definition) is 3. The van der Waals surface area contributed by atoms with Gasteiger partial charge in [0, 0.05) is 16.8 Å². The van der Waals surface area contributed by atoms with Crippen LogP contribution in [0.3, 0.4) is 0 Å². The lowest BCUT2D eigenvalue weighted by molar-refractivity contribution is 0.101. The molecule has 3 N–H and O–H groups in total. The number of phenols is 1. The highest BCUT2D eigenvalue weighted by Crippen LogP contribution is 2.25. The van der Waals surface area contributed by atoms with Gasteiger partial charge in [0.25, 0.3) is 15.9 Å². The molecule has 0 unspecified atom stereocenters. The maximum Gasteiger partial charge on any atom is 0.261 e. The topological polar surface area (TPSA) is 113 Å². The van der Waals surface area contributed by atoms with E-state index in [0.717, 1.165) is 5.56 Å². The van der Waals surface area contributed by atoms with E-state index >= 15 is 0 Å². The van der Waals surface area contributed by atoms with Crippen LogP contribution in [-0.4, -0.2) is 25.2 Å². The molecule has 0 bridgehead atoms. The van der Waals surface area contributed by atoms with Crippen molar-refractivity contribution in [3.63, 3.8) is 0 Å². The van der Waals surface area contributed by atoms with Crippen molar-refractivity contribution in [3.05, 3.63) is 83.4 Å². The highest BCUT2D eigenvalue weighted by Gasteiger charge is 2.15. The summed E-state index contributed by atoms with van der Waals surface area (Å²) in [5.41, 5.74) is 2.13. The first kappa shape index (κ1) is 21.1. The van der Waals surface area contributed by atoms with Crippen LogP contribution in [0.2, 0.25) is 0 Å². The Balaban J connectivity index is 1.71. The van der Waals surface area contributed by atoms with Crippen LogP contribution in [0.25, 0.3) is 0 Å². The summed E-state index contributed by atoms with van der Waals surface area (Å²) in [5.74, 6) is -0.633. The second-order valence-corrected chi connectivity index (χ2v) is 8.42. The molecule has 8 heteroatoms. The molecule has 3 aromatic carbocycles. The molecule has 0 aliphatic carbocycles. The highest BCUT2D eigenvalue weighted by atomic mass is 32.2. The summed E-state index contributed by atoms with van der Waals surface area (Å²) in [7, 11) is -3.84. The third-order valence-electron chi connectivity index (χ3n) is 4.37. The average Bonchev–Trinajstić information content (AvgIpc) is 2.70. The molecular formula is C22H20N2O5S. The molecule has 0 fully saturated rings. The molecule has 0 saturated heterocycles. The minimum absolute atomic E-state index is 0.0177. The molecule has 0 saturated carbocycles. The summed E-state index contributed by atoms with van der Waals surface area (Å²) in [6.07, 6.45) is 0. The molecule has 0 heterocycles. The Kier molecular flexibility index (Phi) is 5.89. The summed E-state index contributed by atoms with van der Waals surface area (Å²) in [6.45, 7) is 3.22. The van der Waals surface area contributed by atoms with Gasteiger partial charge in [-0.1, -0.05) is 18.2 Å². The van der Waals surface area contributed by atoms with Gasteiger partial charge in [0.15, 0.2) is 5.78 Å². The number of amides is 1. The number of nitrogens with one attached hydrogen (secondary N) is 2. The van der Waals surface area contributed by atoms with E-state index in [4.69, 9.17) is 0 Å². The number of carbonyl (C=O) groups is 2. The van der Waals surface area contributed by atoms with Crippen LogP contribution in [0.4, 0.5) is 11.4 Å². The smallest absolute Gasteiger partial charge is 0.261 e. The van der Waals surface area contributed by atoms with Crippen LogP contribution >= 0.6 is 0 Å². The van der Waals surface area contributed by atoms with Crippen molar-refractivity contribution in [2.45, 2.75) is 18.7 Å². The fourth-order valence-corrected chi connectivity index (χ4v) is 3.77. The van der Waals surface area contributed by atoms with E-state index in [1.165, 1.54) is 61.5 Å². The molecule has 0 aliphatic heterocycles. The number of benzene rings is 3. The van der Waals surface area contributed by atoms with Crippen LogP contribution in [0.5, 0.6) is 5.75 Å². The number of ketones is 1. The Morgan fingerprint density at radius 2 is 1.47 bits per heavy atom. The standard InChI is InChI=1S/C22H20N2O5S/c1-14-3-12-20(21(26)13-14)23-22(27)17-4-8-18(9-5-17)24-30(28,29)19-10-6-16(7-11-19)15(2)25/h3-13,24,26H,1-2H3,(H,23,27). The van der Waals surface area contributed by atoms with Crippen molar-refractivity contribution in [2.75, 3.05) is 10.0 Å². The first-order chi connectivity index (χ1) is 14.2. The van der Waals surface area contributed by atoms with Gasteiger partial charge < -0.3 is 10.4 Å². The molecular weight excluding hydrogens is 404 g/mol. The van der Waals surface area contributed by atoms with Gasteiger partial charge in [-0.05, 0) is 67.9 Å². The molecule has 7 nitrogen and oxygen atoms in total. The summed E-state index contributed by atoms with van der Waals surface area (Å²) < 4.78 is 27.4. The molecule has 30 heavy (non-hydrogen) atoms. The molecule has 0 radical (unpaired) electrons. The fourth-order valence-electron chi connectivity index (χ4n) is 2.71. The number of Topliss-reactive ketones (excluding diaryl/α,β-unsaturated/α-hetero) is 1. The van der Waals surface area contributed by atoms with Gasteiger partial charge in [-0.2, -0.15) is 0 Å². The largest absolute Gasteiger partial charge is 0.506 e. The van der Waals surface area contributed by atoms with Crippen molar-refractivity contribution in [1.29, 1.82) is 0 Å². The number of carbonyl (C=O) groups excluding carboxylic acids is 2. The zero-order valence-corrected chi connectivity index (χ0v) is 17.2. The SMILES string of the molecule is CC(=O)c1ccc(S(=O)(=O)Nc2ccc(C(=O)Nc3ccc(C)cc3O)cc2)cc1. The van der Waals surface area contributed by atoms with Crippen LogP contribution in [-0.2, 0) is 10.0 Å². The van der Waals surface area contributed by atoms with E-state index in [1.807, 2.05) is 6.92 Å². The molecule has 3 rings (SSSR count). The monoisotopic (exact) mass is 424 g/mol. The number of aromatic hydroxyl groups is 1. The Morgan fingerprint density at radius 1 is 0.867 bits per heavy atom. The van der Waals surface area contributed by atoms with Gasteiger partial charge in [-0.25, -0.2) is 8.42 Å². The van der Waals surface area contributed by atoms with Gasteiger partial charge in [0.2, 0.25) is 0 Å². The van der Waals surface area contributed by atoms with E-state index in [2.05, 4.69) is 10.0 Å². The van der Waals surface area contributed by atoms with Crippen molar-refractivity contribution >= 4 is 33.1 Å². The lowest BCUT2D eigenvalue weighted by Crippen LogP contribution is -2.14. The molecule has 0 spiro atoms. The minimum atomic E-state index is -3.84. The normalized spacial score (nSPS) is 11.0. The quantitative estimate of drug-likeness (QED) is 0.410. The highest BCUT2D eigenvalue weighted by molar-refractivity contribution is 7.92. The number of anilines is 2. The van der Waals surface area contributed by atoms with Crippen molar-refractivity contribution < 1.29 is 23.1 Å². The second kappa shape index (κ2) is 8.38. The van der Waals surface area contributed by atoms with Gasteiger partial charge in [0.05, 0.1) is 10.6 Å². The predicted molar refractivity (Wildman–Crippen MR) is 114 cm³/mol. The maximum absolute atomic E-state index is 12.5. The Morgan fingerprint density at radius 3 is 2.03 bits per heavy atom. The van der Waals surface area contributed by atoms with E-state index < -0.39 is 15.9 Å². The number of hydrogen-bond acceptors (Lipinski definition) is 5. The van der Waals surface area contributed by atoms with Gasteiger partial charge >= 0.3 is 0 Å². The molecule has 1 amide bonds. The number of aryl methyl sites for hydroxylation is 1. The third kappa shape index (κ3) is 4.84. The van der Waals surface area contributed by atoms with E-state index in [0.29, 0.717) is 11.1 Å². The third-order valence-corrected chi connectivity index (χ3v) is 5.77. The van der Waals surface area contributed by atoms with E-state index in [1.54, 1.807) is 12.1 Å². The fraction of sp³-hybridized carbons (Fsp3) is 0.0909. The Bertz CT molecular complexity index is 1200. The van der Waals surface area contributed by atoms with Crippen LogP contribution < -0.4 is 10.0 Å². The lowest BCUT2D eigenvalue weighted by Gasteiger charge is -2.10. The van der Waals surface area contributed by atoms with Crippen LogP contribution in [0.1, 0.15) is 33.2 Å². The second-order valence-electron chi connectivity index (χ2n) is 6.74. The average molecular weight is 424 g/mol. The number of phenolic OH excluding ortho intramolecular Hbond substituents is 1. The van der Waals surface area contributed by atoms with Crippen LogP contribution in [0.15, 0.2) is 71.6 Å². The van der Waals surface area contributed by atoms with Crippen LogP contribution in [0, 0.1) is 6.92 Å². The number of rotatable bonds is 6. The summed E-state index contributed by atoms with van der Waals surface area (Å²) in [4.78, 5) is 23.7. The zero-order chi connectivity index (χ0) is 21.9. The lowest BCUT2D eigenvalue weighted by atomic mass is 10.1. The maximum atomic E-state index is 12.5. The van der Waals surface area contributed by atoms with Crippen molar-refractivity contribution in [1.82, 2.24) is 0 Å². The molecule has 0 aliphatic rings. The Labute approximate surface area is 174 Å². The molecule has 3 aromatic rings. The summed E-state index contributed by atoms with van der Waals surface area (Å²) >= 11 is 0. The molecule has 154 valence electrons. The van der Waals surface area contributed by atoms with Crippen molar-refractivity contribution in [2.24, 2.45) is 0 Å². The van der Waals surface area contributed by atoms with E-state index in [9.17, 15) is 23.1 Å². The first-order valence-electron chi connectivity index (χ1n) is 9.00. The first-order valence-corrected chi connectivity index (χ1v) is 10.5. The van der Waals surface area contributed by atoms with E-state index in [-0.39, 0.29) is 27.8 Å². The van der Waals surface area contributed by atoms with Crippen molar-refractivity contribution in [3.8, 4) is 5.75 Å². The number of sulfonamides is 1.